The van der Waals surface area contributed by atoms with E-state index in [0.29, 0.717) is 38.5 Å². The van der Waals surface area contributed by atoms with E-state index >= 15 is 0 Å². The van der Waals surface area contributed by atoms with Crippen molar-refractivity contribution in [1.29, 1.82) is 0 Å². The molecule has 0 aliphatic heterocycles. The fraction of sp³-hybridized carbons (Fsp3) is 0.231. The van der Waals surface area contributed by atoms with Gasteiger partial charge in [-0.2, -0.15) is 4.98 Å². The van der Waals surface area contributed by atoms with E-state index in [2.05, 4.69) is 31.2 Å². The summed E-state index contributed by atoms with van der Waals surface area (Å²) in [6.45, 7) is 0. The highest BCUT2D eigenvalue weighted by atomic mass is 79.9. The lowest BCUT2D eigenvalue weighted by Gasteiger charge is -2.14. The number of rotatable bonds is 5. The van der Waals surface area contributed by atoms with Gasteiger partial charge in [0.1, 0.15) is 5.15 Å². The molecule has 1 aromatic heterocycles. The Hall–Kier alpha value is -1.73. The van der Waals surface area contributed by atoms with E-state index in [-0.39, 0.29) is 0 Å². The Labute approximate surface area is 135 Å². The monoisotopic (exact) mass is 373 g/mol. The molecule has 8 heteroatoms. The summed E-state index contributed by atoms with van der Waals surface area (Å²) in [7, 11) is 4.65. The molecule has 0 bridgehead atoms. The third kappa shape index (κ3) is 3.48. The predicted molar refractivity (Wildman–Crippen MR) is 84.1 cm³/mol. The first-order chi connectivity index (χ1) is 10.1. The van der Waals surface area contributed by atoms with Crippen molar-refractivity contribution in [3.05, 3.63) is 28.0 Å². The number of nitrogens with zero attached hydrogens (tertiary/aromatic N) is 2. The lowest BCUT2D eigenvalue weighted by molar-refractivity contribution is 0.324. The summed E-state index contributed by atoms with van der Waals surface area (Å²) < 4.78 is 16.4. The zero-order valence-corrected chi connectivity index (χ0v) is 13.9. The van der Waals surface area contributed by atoms with Gasteiger partial charge in [0, 0.05) is 24.0 Å². The average molecular weight is 375 g/mol. The van der Waals surface area contributed by atoms with Gasteiger partial charge >= 0.3 is 0 Å². The van der Waals surface area contributed by atoms with Crippen LogP contribution in [0, 0.1) is 0 Å². The van der Waals surface area contributed by atoms with Crippen molar-refractivity contribution >= 4 is 39.2 Å². The molecule has 0 aliphatic rings. The number of benzene rings is 1. The van der Waals surface area contributed by atoms with E-state index in [9.17, 15) is 0 Å². The van der Waals surface area contributed by atoms with Crippen LogP contribution in [0.1, 0.15) is 0 Å². The summed E-state index contributed by atoms with van der Waals surface area (Å²) in [6, 6.07) is 3.50. The van der Waals surface area contributed by atoms with Gasteiger partial charge < -0.3 is 19.5 Å². The minimum absolute atomic E-state index is 0.319. The third-order valence-electron chi connectivity index (χ3n) is 2.62. The Balaban J connectivity index is 2.37. The molecule has 0 unspecified atom stereocenters. The fourth-order valence-corrected chi connectivity index (χ4v) is 2.01. The van der Waals surface area contributed by atoms with Crippen molar-refractivity contribution in [2.45, 2.75) is 0 Å². The summed E-state index contributed by atoms with van der Waals surface area (Å²) >= 11 is 9.18. The molecule has 0 saturated carbocycles. The fourth-order valence-electron chi connectivity index (χ4n) is 1.69. The van der Waals surface area contributed by atoms with Crippen LogP contribution in [0.25, 0.3) is 0 Å². The highest BCUT2D eigenvalue weighted by Crippen LogP contribution is 2.40. The van der Waals surface area contributed by atoms with Crippen LogP contribution in [0.4, 0.5) is 11.6 Å². The van der Waals surface area contributed by atoms with Crippen LogP contribution in [-0.2, 0) is 0 Å². The molecular weight excluding hydrogens is 362 g/mol. The lowest BCUT2D eigenvalue weighted by Crippen LogP contribution is -2.00. The lowest BCUT2D eigenvalue weighted by atomic mass is 10.2. The zero-order valence-electron chi connectivity index (χ0n) is 11.6. The number of halogens is 2. The largest absolute Gasteiger partial charge is 0.493 e. The number of hydrogen-bond acceptors (Lipinski definition) is 6. The first kappa shape index (κ1) is 15.7. The van der Waals surface area contributed by atoms with Crippen LogP contribution >= 0.6 is 27.5 Å². The maximum Gasteiger partial charge on any atom is 0.228 e. The second-order valence-electron chi connectivity index (χ2n) is 3.87. The Morgan fingerprint density at radius 2 is 1.71 bits per heavy atom. The number of methoxy groups -OCH3 is 3. The molecule has 1 aromatic carbocycles. The molecule has 0 radical (unpaired) electrons. The molecule has 0 spiro atoms. The van der Waals surface area contributed by atoms with Gasteiger partial charge in [0.25, 0.3) is 0 Å². The van der Waals surface area contributed by atoms with E-state index in [1.165, 1.54) is 0 Å². The summed E-state index contributed by atoms with van der Waals surface area (Å²) in [5.74, 6) is 1.93. The van der Waals surface area contributed by atoms with Gasteiger partial charge in [-0.3, -0.25) is 0 Å². The SMILES string of the molecule is COc1cc(Nc2ncc(Br)c(Cl)n2)cc(OC)c1OC. The highest BCUT2D eigenvalue weighted by molar-refractivity contribution is 9.10. The summed E-state index contributed by atoms with van der Waals surface area (Å²) in [6.07, 6.45) is 1.57. The van der Waals surface area contributed by atoms with Crippen LogP contribution in [0.5, 0.6) is 17.2 Å². The molecule has 21 heavy (non-hydrogen) atoms. The number of aromatic nitrogens is 2. The molecule has 0 saturated heterocycles. The topological polar surface area (TPSA) is 65.5 Å². The number of anilines is 2. The molecule has 1 heterocycles. The first-order valence-electron chi connectivity index (χ1n) is 5.84. The van der Waals surface area contributed by atoms with E-state index < -0.39 is 0 Å². The third-order valence-corrected chi connectivity index (χ3v) is 3.72. The van der Waals surface area contributed by atoms with Gasteiger partial charge in [-0.25, -0.2) is 4.98 Å². The van der Waals surface area contributed by atoms with Crippen LogP contribution in [0.3, 0.4) is 0 Å². The van der Waals surface area contributed by atoms with Gasteiger partial charge in [-0.1, -0.05) is 11.6 Å². The van der Waals surface area contributed by atoms with Crippen molar-refractivity contribution in [3.63, 3.8) is 0 Å². The summed E-state index contributed by atoms with van der Waals surface area (Å²) in [5.41, 5.74) is 0.683. The number of ether oxygens (including phenoxy) is 3. The van der Waals surface area contributed by atoms with E-state index in [1.807, 2.05) is 0 Å². The molecule has 112 valence electrons. The van der Waals surface area contributed by atoms with Gasteiger partial charge in [0.15, 0.2) is 11.5 Å². The number of nitrogens with one attached hydrogen (secondary N) is 1. The normalized spacial score (nSPS) is 10.1. The highest BCUT2D eigenvalue weighted by Gasteiger charge is 2.14. The van der Waals surface area contributed by atoms with E-state index in [0.717, 1.165) is 0 Å². The number of hydrogen-bond donors (Lipinski definition) is 1. The predicted octanol–water partition coefficient (Wildman–Crippen LogP) is 3.66. The second kappa shape index (κ2) is 6.82. The Bertz CT molecular complexity index is 630. The Morgan fingerprint density at radius 3 is 2.19 bits per heavy atom. The average Bonchev–Trinajstić information content (AvgIpc) is 2.49. The molecular formula is C13H13BrClN3O3. The summed E-state index contributed by atoms with van der Waals surface area (Å²) in [5, 5.41) is 3.35. The van der Waals surface area contributed by atoms with Crippen molar-refractivity contribution in [3.8, 4) is 17.2 Å². The van der Waals surface area contributed by atoms with Crippen molar-refractivity contribution in [2.75, 3.05) is 26.6 Å². The molecule has 0 atom stereocenters. The van der Waals surface area contributed by atoms with Crippen LogP contribution in [0.15, 0.2) is 22.8 Å². The maximum absolute atomic E-state index is 5.94. The Kier molecular flexibility index (Phi) is 5.08. The van der Waals surface area contributed by atoms with Gasteiger partial charge in [-0.05, 0) is 15.9 Å². The molecule has 0 fully saturated rings. The van der Waals surface area contributed by atoms with Crippen molar-refractivity contribution in [1.82, 2.24) is 9.97 Å². The van der Waals surface area contributed by atoms with E-state index in [4.69, 9.17) is 25.8 Å². The quantitative estimate of drug-likeness (QED) is 0.806. The maximum atomic E-state index is 5.94. The van der Waals surface area contributed by atoms with Gasteiger partial charge in [-0.15, -0.1) is 0 Å². The molecule has 0 aliphatic carbocycles. The smallest absolute Gasteiger partial charge is 0.228 e. The van der Waals surface area contributed by atoms with E-state index in [1.54, 1.807) is 39.7 Å². The van der Waals surface area contributed by atoms with Crippen LogP contribution in [0.2, 0.25) is 5.15 Å². The molecule has 0 amide bonds. The van der Waals surface area contributed by atoms with Gasteiger partial charge in [0.05, 0.1) is 25.8 Å². The first-order valence-corrected chi connectivity index (χ1v) is 7.01. The standard InChI is InChI=1S/C13H13BrClN3O3/c1-19-9-4-7(5-10(20-2)11(9)21-3)17-13-16-6-8(14)12(15)18-13/h4-6H,1-3H3,(H,16,17,18). The van der Waals surface area contributed by atoms with Gasteiger partial charge in [0.2, 0.25) is 11.7 Å². The molecule has 6 nitrogen and oxygen atoms in total. The van der Waals surface area contributed by atoms with Crippen molar-refractivity contribution in [2.24, 2.45) is 0 Å². The van der Waals surface area contributed by atoms with Crippen LogP contribution < -0.4 is 19.5 Å². The minimum atomic E-state index is 0.319. The zero-order chi connectivity index (χ0) is 15.4. The minimum Gasteiger partial charge on any atom is -0.493 e. The van der Waals surface area contributed by atoms with Crippen LogP contribution in [-0.4, -0.2) is 31.3 Å². The Morgan fingerprint density at radius 1 is 1.10 bits per heavy atom. The molecule has 1 N–H and O–H groups in total. The van der Waals surface area contributed by atoms with Crippen molar-refractivity contribution < 1.29 is 14.2 Å². The molecule has 2 aromatic rings. The summed E-state index contributed by atoms with van der Waals surface area (Å²) in [4.78, 5) is 8.23. The molecule has 2 rings (SSSR count). The second-order valence-corrected chi connectivity index (χ2v) is 5.08.